The molecule has 2 fully saturated rings. The number of benzene rings is 1. The minimum Gasteiger partial charge on any atom is -0.494 e. The van der Waals surface area contributed by atoms with Gasteiger partial charge in [-0.3, -0.25) is 9.78 Å². The standard InChI is InChI=1S/C27H32N2O4/c30-26(29-18-21-6-1-2-7-22(21)19-29)17-23(27(31)32)16-20-10-12-25(13-11-20)33-15-5-9-24-8-3-4-14-28-24/h3-4,8,10-14,16,21-22H,1-2,5-7,9,15,17-19H2,(H,31,32)/b23-16+/t21-,22+. The van der Waals surface area contributed by atoms with E-state index in [2.05, 4.69) is 4.98 Å². The van der Waals surface area contributed by atoms with Gasteiger partial charge in [0.15, 0.2) is 0 Å². The number of carbonyl (C=O) groups is 2. The van der Waals surface area contributed by atoms with E-state index in [1.165, 1.54) is 25.7 Å². The van der Waals surface area contributed by atoms with Crippen LogP contribution in [0.1, 0.15) is 49.8 Å². The lowest BCUT2D eigenvalue weighted by molar-refractivity contribution is -0.136. The summed E-state index contributed by atoms with van der Waals surface area (Å²) >= 11 is 0. The quantitative estimate of drug-likeness (QED) is 0.448. The Morgan fingerprint density at radius 2 is 1.79 bits per heavy atom. The predicted molar refractivity (Wildman–Crippen MR) is 127 cm³/mol. The number of rotatable bonds is 9. The van der Waals surface area contributed by atoms with E-state index < -0.39 is 5.97 Å². The molecule has 1 aliphatic carbocycles. The van der Waals surface area contributed by atoms with Gasteiger partial charge in [-0.05, 0) is 73.4 Å². The maximum absolute atomic E-state index is 12.8. The lowest BCUT2D eigenvalue weighted by atomic mass is 9.82. The summed E-state index contributed by atoms with van der Waals surface area (Å²) in [7, 11) is 0. The number of nitrogens with zero attached hydrogens (tertiary/aromatic N) is 2. The fraction of sp³-hybridized carbons (Fsp3) is 0.444. The van der Waals surface area contributed by atoms with Crippen LogP contribution < -0.4 is 4.74 Å². The lowest BCUT2D eigenvalue weighted by Gasteiger charge is -2.22. The third kappa shape index (κ3) is 6.44. The Kier molecular flexibility index (Phi) is 7.76. The first-order valence-electron chi connectivity index (χ1n) is 11.9. The van der Waals surface area contributed by atoms with Crippen molar-refractivity contribution in [2.75, 3.05) is 19.7 Å². The van der Waals surface area contributed by atoms with E-state index in [9.17, 15) is 14.7 Å². The highest BCUT2D eigenvalue weighted by atomic mass is 16.5. The Hall–Kier alpha value is -3.15. The first-order chi connectivity index (χ1) is 16.1. The van der Waals surface area contributed by atoms with Crippen LogP contribution in [0.5, 0.6) is 5.75 Å². The van der Waals surface area contributed by atoms with Crippen molar-refractivity contribution in [2.45, 2.75) is 44.9 Å². The first-order valence-corrected chi connectivity index (χ1v) is 11.9. The lowest BCUT2D eigenvalue weighted by Crippen LogP contribution is -2.29. The molecule has 4 rings (SSSR count). The number of ether oxygens (including phenoxy) is 1. The van der Waals surface area contributed by atoms with Crippen LogP contribution in [0, 0.1) is 11.8 Å². The van der Waals surface area contributed by atoms with E-state index in [0.29, 0.717) is 18.4 Å². The molecule has 1 saturated carbocycles. The molecule has 2 heterocycles. The number of carboxylic acid groups (broad SMARTS) is 1. The molecule has 1 saturated heterocycles. The van der Waals surface area contributed by atoms with Crippen LogP contribution >= 0.6 is 0 Å². The molecule has 1 N–H and O–H groups in total. The maximum Gasteiger partial charge on any atom is 0.332 e. The number of hydrogen-bond acceptors (Lipinski definition) is 4. The van der Waals surface area contributed by atoms with Crippen molar-refractivity contribution in [3.05, 3.63) is 65.5 Å². The largest absolute Gasteiger partial charge is 0.494 e. The summed E-state index contributed by atoms with van der Waals surface area (Å²) in [5, 5.41) is 9.66. The first kappa shape index (κ1) is 23.0. The summed E-state index contributed by atoms with van der Waals surface area (Å²) in [6.45, 7) is 2.14. The third-order valence-electron chi connectivity index (χ3n) is 6.74. The van der Waals surface area contributed by atoms with Gasteiger partial charge in [-0.15, -0.1) is 0 Å². The monoisotopic (exact) mass is 448 g/mol. The van der Waals surface area contributed by atoms with Crippen molar-refractivity contribution in [1.82, 2.24) is 9.88 Å². The Bertz CT molecular complexity index is 957. The molecule has 1 aliphatic heterocycles. The molecular weight excluding hydrogens is 416 g/mol. The van der Waals surface area contributed by atoms with E-state index in [1.807, 2.05) is 47.4 Å². The van der Waals surface area contributed by atoms with Gasteiger partial charge in [0, 0.05) is 30.6 Å². The van der Waals surface area contributed by atoms with Gasteiger partial charge in [-0.2, -0.15) is 0 Å². The number of aromatic nitrogens is 1. The van der Waals surface area contributed by atoms with Gasteiger partial charge in [0.05, 0.1) is 13.0 Å². The molecular formula is C27H32N2O4. The van der Waals surface area contributed by atoms with Gasteiger partial charge in [-0.1, -0.05) is 31.0 Å². The Balaban J connectivity index is 1.29. The summed E-state index contributed by atoms with van der Waals surface area (Å²) in [6.07, 6.45) is 9.90. The van der Waals surface area contributed by atoms with Gasteiger partial charge in [0.25, 0.3) is 0 Å². The Morgan fingerprint density at radius 3 is 2.42 bits per heavy atom. The zero-order valence-corrected chi connectivity index (χ0v) is 19.0. The van der Waals surface area contributed by atoms with E-state index in [0.717, 1.165) is 42.9 Å². The molecule has 1 aromatic heterocycles. The minimum atomic E-state index is -1.05. The van der Waals surface area contributed by atoms with E-state index in [1.54, 1.807) is 12.3 Å². The van der Waals surface area contributed by atoms with Crippen LogP contribution in [0.15, 0.2) is 54.2 Å². The van der Waals surface area contributed by atoms with Crippen molar-refractivity contribution in [2.24, 2.45) is 11.8 Å². The molecule has 2 aromatic rings. The summed E-state index contributed by atoms with van der Waals surface area (Å²) in [4.78, 5) is 30.8. The molecule has 2 atom stereocenters. The van der Waals surface area contributed by atoms with Crippen molar-refractivity contribution in [1.29, 1.82) is 0 Å². The van der Waals surface area contributed by atoms with Crippen LogP contribution in [0.3, 0.4) is 0 Å². The molecule has 6 nitrogen and oxygen atoms in total. The number of likely N-dealkylation sites (tertiary alicyclic amines) is 1. The highest BCUT2D eigenvalue weighted by Gasteiger charge is 2.36. The molecule has 1 amide bonds. The second-order valence-corrected chi connectivity index (χ2v) is 9.10. The van der Waals surface area contributed by atoms with Crippen LogP contribution in [0.4, 0.5) is 0 Å². The van der Waals surface area contributed by atoms with Gasteiger partial charge >= 0.3 is 5.97 Å². The SMILES string of the molecule is O=C(O)/C(=C/c1ccc(OCCCc2ccccn2)cc1)CC(=O)N1C[C@H]2CCCC[C@H]2C1. The number of hydrogen-bond donors (Lipinski definition) is 1. The van der Waals surface area contributed by atoms with Crippen LogP contribution in [0.2, 0.25) is 0 Å². The van der Waals surface area contributed by atoms with Gasteiger partial charge in [0.1, 0.15) is 5.75 Å². The van der Waals surface area contributed by atoms with Crippen molar-refractivity contribution < 1.29 is 19.4 Å². The third-order valence-corrected chi connectivity index (χ3v) is 6.74. The average Bonchev–Trinajstić information content (AvgIpc) is 3.27. The number of carbonyl (C=O) groups excluding carboxylic acids is 1. The molecule has 6 heteroatoms. The molecule has 0 radical (unpaired) electrons. The van der Waals surface area contributed by atoms with E-state index in [-0.39, 0.29) is 17.9 Å². The predicted octanol–water partition coefficient (Wildman–Crippen LogP) is 4.60. The maximum atomic E-state index is 12.8. The fourth-order valence-corrected chi connectivity index (χ4v) is 4.92. The Morgan fingerprint density at radius 1 is 1.06 bits per heavy atom. The zero-order valence-electron chi connectivity index (χ0n) is 19.0. The van der Waals surface area contributed by atoms with Crippen molar-refractivity contribution in [3.63, 3.8) is 0 Å². The molecule has 0 unspecified atom stereocenters. The average molecular weight is 449 g/mol. The molecule has 2 aliphatic rings. The Labute approximate surface area is 195 Å². The van der Waals surface area contributed by atoms with Gasteiger partial charge in [0.2, 0.25) is 5.91 Å². The molecule has 1 aromatic carbocycles. The second kappa shape index (κ2) is 11.1. The van der Waals surface area contributed by atoms with Crippen molar-refractivity contribution in [3.8, 4) is 5.75 Å². The molecule has 0 bridgehead atoms. The number of pyridine rings is 1. The van der Waals surface area contributed by atoms with Crippen LogP contribution in [-0.2, 0) is 16.0 Å². The number of aryl methyl sites for hydroxylation is 1. The summed E-state index contributed by atoms with van der Waals surface area (Å²) in [5.74, 6) is 0.800. The number of carboxylic acids is 1. The molecule has 33 heavy (non-hydrogen) atoms. The normalized spacial score (nSPS) is 20.4. The summed E-state index contributed by atoms with van der Waals surface area (Å²) in [5.41, 5.74) is 1.92. The molecule has 174 valence electrons. The highest BCUT2D eigenvalue weighted by Crippen LogP contribution is 2.36. The number of amides is 1. The van der Waals surface area contributed by atoms with Crippen LogP contribution in [-0.4, -0.2) is 46.6 Å². The minimum absolute atomic E-state index is 0.0689. The molecule has 0 spiro atoms. The number of aliphatic carboxylic acids is 1. The second-order valence-electron chi connectivity index (χ2n) is 9.10. The fourth-order valence-electron chi connectivity index (χ4n) is 4.92. The summed E-state index contributed by atoms with van der Waals surface area (Å²) < 4.78 is 5.79. The smallest absolute Gasteiger partial charge is 0.332 e. The number of fused-ring (bicyclic) bond motifs is 1. The van der Waals surface area contributed by atoms with Crippen molar-refractivity contribution >= 4 is 18.0 Å². The van der Waals surface area contributed by atoms with Gasteiger partial charge in [-0.25, -0.2) is 4.79 Å². The topological polar surface area (TPSA) is 79.7 Å². The summed E-state index contributed by atoms with van der Waals surface area (Å²) in [6, 6.07) is 13.2. The highest BCUT2D eigenvalue weighted by molar-refractivity contribution is 5.98. The van der Waals surface area contributed by atoms with Gasteiger partial charge < -0.3 is 14.7 Å². The zero-order chi connectivity index (χ0) is 23.0. The van der Waals surface area contributed by atoms with E-state index in [4.69, 9.17) is 4.74 Å². The van der Waals surface area contributed by atoms with Crippen LogP contribution in [0.25, 0.3) is 6.08 Å². The van der Waals surface area contributed by atoms with E-state index >= 15 is 0 Å².